The Labute approximate surface area is 117 Å². The molecule has 1 rings (SSSR count). The first-order chi connectivity index (χ1) is 8.87. The molecule has 0 saturated carbocycles. The second-order valence-electron chi connectivity index (χ2n) is 4.64. The monoisotopic (exact) mass is 281 g/mol. The van der Waals surface area contributed by atoms with E-state index in [1.54, 1.807) is 6.92 Å². The second kappa shape index (κ2) is 6.61. The average molecular weight is 281 g/mol. The van der Waals surface area contributed by atoms with Gasteiger partial charge in [0.25, 0.3) is 0 Å². The van der Waals surface area contributed by atoms with Crippen LogP contribution in [-0.2, 0) is 9.59 Å². The summed E-state index contributed by atoms with van der Waals surface area (Å²) in [6.07, 6.45) is 0.350. The number of benzene rings is 1. The van der Waals surface area contributed by atoms with Crippen LogP contribution in [0.3, 0.4) is 0 Å². The van der Waals surface area contributed by atoms with Crippen molar-refractivity contribution in [2.24, 2.45) is 0 Å². The number of carbonyl (C=O) groups is 2. The molecule has 0 spiro atoms. The van der Waals surface area contributed by atoms with E-state index in [1.165, 1.54) is 24.2 Å². The van der Waals surface area contributed by atoms with Gasteiger partial charge >= 0.3 is 5.97 Å². The minimum atomic E-state index is -1.19. The zero-order valence-corrected chi connectivity index (χ0v) is 12.2. The van der Waals surface area contributed by atoms with Crippen LogP contribution in [0, 0.1) is 6.92 Å². The Morgan fingerprint density at radius 2 is 1.89 bits per heavy atom. The molecule has 1 amide bonds. The highest BCUT2D eigenvalue weighted by atomic mass is 32.2. The first-order valence-electron chi connectivity index (χ1n) is 6.11. The maximum Gasteiger partial charge on any atom is 0.329 e. The van der Waals surface area contributed by atoms with Gasteiger partial charge < -0.3 is 10.4 Å². The third kappa shape index (κ3) is 4.59. The van der Waals surface area contributed by atoms with Crippen molar-refractivity contribution in [2.45, 2.75) is 37.6 Å². The van der Waals surface area contributed by atoms with Crippen molar-refractivity contribution in [3.63, 3.8) is 0 Å². The van der Waals surface area contributed by atoms with Gasteiger partial charge in [-0.15, -0.1) is 11.8 Å². The molecule has 0 aliphatic carbocycles. The van der Waals surface area contributed by atoms with Gasteiger partial charge in [0.2, 0.25) is 5.91 Å². The fraction of sp³-hybridized carbons (Fsp3) is 0.429. The number of thioether (sulfide) groups is 1. The first-order valence-corrected chi connectivity index (χ1v) is 7.10. The molecule has 5 heteroatoms. The molecule has 1 unspecified atom stereocenters. The molecule has 0 aliphatic rings. The number of carbonyl (C=O) groups excluding carboxylic acids is 1. The van der Waals surface area contributed by atoms with Crippen LogP contribution in [0.5, 0.6) is 0 Å². The number of rotatable bonds is 6. The SMILES string of the molecule is CCC(C)(NC(=O)CSc1ccc(C)cc1)C(=O)O. The standard InChI is InChI=1S/C14H19NO3S/c1-4-14(3,13(17)18)15-12(16)9-19-11-7-5-10(2)6-8-11/h5-8H,4,9H2,1-3H3,(H,15,16)(H,17,18). The molecule has 4 nitrogen and oxygen atoms in total. The molecule has 1 atom stereocenters. The van der Waals surface area contributed by atoms with Crippen molar-refractivity contribution in [2.75, 3.05) is 5.75 Å². The lowest BCUT2D eigenvalue weighted by Crippen LogP contribution is -2.52. The van der Waals surface area contributed by atoms with Crippen LogP contribution >= 0.6 is 11.8 Å². The number of hydrogen-bond donors (Lipinski definition) is 2. The molecule has 2 N–H and O–H groups in total. The predicted octanol–water partition coefficient (Wildman–Crippen LogP) is 2.46. The smallest absolute Gasteiger partial charge is 0.329 e. The van der Waals surface area contributed by atoms with Gasteiger partial charge in [-0.3, -0.25) is 4.79 Å². The number of aliphatic carboxylic acids is 1. The molecule has 0 saturated heterocycles. The van der Waals surface area contributed by atoms with Gasteiger partial charge in [-0.2, -0.15) is 0 Å². The van der Waals surface area contributed by atoms with Crippen LogP contribution in [-0.4, -0.2) is 28.3 Å². The zero-order chi connectivity index (χ0) is 14.5. The van der Waals surface area contributed by atoms with Gasteiger partial charge in [0.05, 0.1) is 5.75 Å². The van der Waals surface area contributed by atoms with Crippen LogP contribution in [0.1, 0.15) is 25.8 Å². The van der Waals surface area contributed by atoms with E-state index in [0.717, 1.165) is 4.90 Å². The van der Waals surface area contributed by atoms with Crippen molar-refractivity contribution in [3.05, 3.63) is 29.8 Å². The molecular weight excluding hydrogens is 262 g/mol. The highest BCUT2D eigenvalue weighted by molar-refractivity contribution is 8.00. The van der Waals surface area contributed by atoms with Crippen molar-refractivity contribution in [1.29, 1.82) is 0 Å². The van der Waals surface area contributed by atoms with E-state index in [4.69, 9.17) is 5.11 Å². The maximum atomic E-state index is 11.8. The zero-order valence-electron chi connectivity index (χ0n) is 11.4. The summed E-state index contributed by atoms with van der Waals surface area (Å²) in [5.74, 6) is -1.06. The summed E-state index contributed by atoms with van der Waals surface area (Å²) in [5.41, 5.74) is -0.0245. The lowest BCUT2D eigenvalue weighted by Gasteiger charge is -2.24. The summed E-state index contributed by atoms with van der Waals surface area (Å²) in [7, 11) is 0. The predicted molar refractivity (Wildman–Crippen MR) is 76.4 cm³/mol. The van der Waals surface area contributed by atoms with E-state index < -0.39 is 11.5 Å². The largest absolute Gasteiger partial charge is 0.480 e. The Morgan fingerprint density at radius 3 is 2.37 bits per heavy atom. The van der Waals surface area contributed by atoms with Crippen LogP contribution in [0.4, 0.5) is 0 Å². The summed E-state index contributed by atoms with van der Waals surface area (Å²) in [5, 5.41) is 11.6. The van der Waals surface area contributed by atoms with E-state index in [1.807, 2.05) is 31.2 Å². The third-order valence-electron chi connectivity index (χ3n) is 2.99. The topological polar surface area (TPSA) is 66.4 Å². The Kier molecular flexibility index (Phi) is 5.42. The van der Waals surface area contributed by atoms with Gasteiger partial charge in [-0.05, 0) is 32.4 Å². The van der Waals surface area contributed by atoms with Crippen molar-refractivity contribution in [1.82, 2.24) is 5.32 Å². The van der Waals surface area contributed by atoms with Crippen molar-refractivity contribution >= 4 is 23.6 Å². The Balaban J connectivity index is 2.52. The number of amides is 1. The minimum Gasteiger partial charge on any atom is -0.480 e. The summed E-state index contributed by atoms with van der Waals surface area (Å²) >= 11 is 1.40. The Morgan fingerprint density at radius 1 is 1.32 bits per heavy atom. The molecule has 0 aliphatic heterocycles. The minimum absolute atomic E-state index is 0.214. The Hall–Kier alpha value is -1.49. The van der Waals surface area contributed by atoms with E-state index in [9.17, 15) is 9.59 Å². The molecule has 19 heavy (non-hydrogen) atoms. The molecule has 0 radical (unpaired) electrons. The molecule has 104 valence electrons. The van der Waals surface area contributed by atoms with E-state index in [-0.39, 0.29) is 11.7 Å². The Bertz CT molecular complexity index is 458. The molecule has 0 aromatic heterocycles. The van der Waals surface area contributed by atoms with Gasteiger partial charge in [0.15, 0.2) is 0 Å². The lowest BCUT2D eigenvalue weighted by molar-refractivity contribution is -0.146. The van der Waals surface area contributed by atoms with Crippen molar-refractivity contribution in [3.8, 4) is 0 Å². The molecule has 1 aromatic carbocycles. The summed E-state index contributed by atoms with van der Waals surface area (Å²) in [6, 6.07) is 7.86. The van der Waals surface area contributed by atoms with Gasteiger partial charge in [-0.25, -0.2) is 4.79 Å². The van der Waals surface area contributed by atoms with Crippen LogP contribution in [0.15, 0.2) is 29.2 Å². The van der Waals surface area contributed by atoms with Crippen LogP contribution in [0.25, 0.3) is 0 Å². The molecular formula is C14H19NO3S. The van der Waals surface area contributed by atoms with Crippen LogP contribution < -0.4 is 5.32 Å². The number of carboxylic acids is 1. The van der Waals surface area contributed by atoms with Gasteiger partial charge in [0.1, 0.15) is 5.54 Å². The van der Waals surface area contributed by atoms with Gasteiger partial charge in [0, 0.05) is 4.90 Å². The number of carboxylic acid groups (broad SMARTS) is 1. The highest BCUT2D eigenvalue weighted by Crippen LogP contribution is 2.18. The normalized spacial score (nSPS) is 13.6. The number of aryl methyl sites for hydroxylation is 1. The van der Waals surface area contributed by atoms with Crippen LogP contribution in [0.2, 0.25) is 0 Å². The fourth-order valence-corrected chi connectivity index (χ4v) is 2.12. The van der Waals surface area contributed by atoms with E-state index >= 15 is 0 Å². The second-order valence-corrected chi connectivity index (χ2v) is 5.69. The lowest BCUT2D eigenvalue weighted by atomic mass is 9.99. The molecule has 0 heterocycles. The summed E-state index contributed by atoms with van der Waals surface area (Å²) in [6.45, 7) is 5.26. The number of hydrogen-bond acceptors (Lipinski definition) is 3. The first kappa shape index (κ1) is 15.6. The number of nitrogens with one attached hydrogen (secondary N) is 1. The quantitative estimate of drug-likeness (QED) is 0.786. The summed E-state index contributed by atoms with van der Waals surface area (Å²) in [4.78, 5) is 23.8. The molecule has 0 fully saturated rings. The van der Waals surface area contributed by atoms with Gasteiger partial charge in [-0.1, -0.05) is 24.6 Å². The van der Waals surface area contributed by atoms with E-state index in [2.05, 4.69) is 5.32 Å². The fourth-order valence-electron chi connectivity index (χ4n) is 1.42. The molecule has 1 aromatic rings. The third-order valence-corrected chi connectivity index (χ3v) is 4.00. The molecule has 0 bridgehead atoms. The van der Waals surface area contributed by atoms with E-state index in [0.29, 0.717) is 6.42 Å². The van der Waals surface area contributed by atoms with Crippen molar-refractivity contribution < 1.29 is 14.7 Å². The average Bonchev–Trinajstić information content (AvgIpc) is 2.37. The maximum absolute atomic E-state index is 11.8. The summed E-state index contributed by atoms with van der Waals surface area (Å²) < 4.78 is 0. The highest BCUT2D eigenvalue weighted by Gasteiger charge is 2.32.